The molecular weight excluding hydrogens is 413 g/mol. The van der Waals surface area contributed by atoms with Crippen LogP contribution in [0.3, 0.4) is 0 Å². The second-order valence-corrected chi connectivity index (χ2v) is 8.57. The number of nitrogens with zero attached hydrogens (tertiary/aromatic N) is 2. The van der Waals surface area contributed by atoms with E-state index in [-0.39, 0.29) is 16.5 Å². The number of nitro benzene ring substituents is 1. The van der Waals surface area contributed by atoms with Gasteiger partial charge >= 0.3 is 0 Å². The first-order valence-electron chi connectivity index (χ1n) is 9.62. The van der Waals surface area contributed by atoms with Crippen LogP contribution in [0.15, 0.2) is 42.5 Å². The molecule has 1 aliphatic heterocycles. The van der Waals surface area contributed by atoms with Gasteiger partial charge in [-0.05, 0) is 47.9 Å². The summed E-state index contributed by atoms with van der Waals surface area (Å²) in [6.45, 7) is 3.40. The fourth-order valence-electron chi connectivity index (χ4n) is 4.48. The maximum atomic E-state index is 12.3. The summed E-state index contributed by atoms with van der Waals surface area (Å²) in [6, 6.07) is 11.8. The van der Waals surface area contributed by atoms with Crippen LogP contribution >= 0.6 is 23.2 Å². The fourth-order valence-corrected chi connectivity index (χ4v) is 4.77. The molecule has 8 heteroatoms. The summed E-state index contributed by atoms with van der Waals surface area (Å²) >= 11 is 11.9. The number of carbonyl (C=O) groups excluding carboxylic acids is 1. The topological polar surface area (TPSA) is 75.5 Å². The second-order valence-electron chi connectivity index (χ2n) is 7.76. The van der Waals surface area contributed by atoms with Gasteiger partial charge in [0.2, 0.25) is 0 Å². The molecule has 3 atom stereocenters. The van der Waals surface area contributed by atoms with Crippen molar-refractivity contribution in [2.24, 2.45) is 11.8 Å². The lowest BCUT2D eigenvalue weighted by Gasteiger charge is -2.40. The Morgan fingerprint density at radius 1 is 1.14 bits per heavy atom. The summed E-state index contributed by atoms with van der Waals surface area (Å²) < 4.78 is 0. The third-order valence-electron chi connectivity index (χ3n) is 6.07. The summed E-state index contributed by atoms with van der Waals surface area (Å²) in [5, 5.41) is 14.6. The molecule has 6 nitrogen and oxygen atoms in total. The van der Waals surface area contributed by atoms with Crippen molar-refractivity contribution in [3.8, 4) is 0 Å². The van der Waals surface area contributed by atoms with Crippen LogP contribution in [0.25, 0.3) is 0 Å². The molecule has 1 N–H and O–H groups in total. The van der Waals surface area contributed by atoms with Gasteiger partial charge in [0.1, 0.15) is 0 Å². The number of hydrogen-bond acceptors (Lipinski definition) is 4. The van der Waals surface area contributed by atoms with Crippen LogP contribution in [0.5, 0.6) is 0 Å². The summed E-state index contributed by atoms with van der Waals surface area (Å²) in [4.78, 5) is 25.1. The molecule has 1 saturated heterocycles. The van der Waals surface area contributed by atoms with Crippen molar-refractivity contribution in [2.45, 2.75) is 12.3 Å². The molecule has 1 heterocycles. The fraction of sp³-hybridized carbons (Fsp3) is 0.381. The highest BCUT2D eigenvalue weighted by Gasteiger charge is 2.47. The summed E-state index contributed by atoms with van der Waals surface area (Å²) in [6.07, 6.45) is 1.12. The van der Waals surface area contributed by atoms with E-state index in [0.717, 1.165) is 26.1 Å². The molecule has 0 radical (unpaired) electrons. The van der Waals surface area contributed by atoms with Gasteiger partial charge in [0.15, 0.2) is 0 Å². The zero-order valence-corrected chi connectivity index (χ0v) is 17.2. The molecule has 29 heavy (non-hydrogen) atoms. The number of nitrogens with one attached hydrogen (secondary N) is 1. The van der Waals surface area contributed by atoms with Gasteiger partial charge in [-0.2, -0.15) is 0 Å². The van der Waals surface area contributed by atoms with Gasteiger partial charge in [0, 0.05) is 43.9 Å². The zero-order chi connectivity index (χ0) is 20.5. The Hall–Kier alpha value is -2.15. The first kappa shape index (κ1) is 20.1. The number of halogens is 2. The van der Waals surface area contributed by atoms with Crippen LogP contribution in [0.2, 0.25) is 10.0 Å². The first-order chi connectivity index (χ1) is 13.9. The van der Waals surface area contributed by atoms with Crippen LogP contribution in [-0.4, -0.2) is 41.9 Å². The van der Waals surface area contributed by atoms with Crippen molar-refractivity contribution in [3.05, 3.63) is 73.8 Å². The van der Waals surface area contributed by atoms with E-state index in [1.807, 2.05) is 12.1 Å². The van der Waals surface area contributed by atoms with Crippen LogP contribution in [-0.2, 0) is 0 Å². The number of nitro groups is 1. The van der Waals surface area contributed by atoms with Gasteiger partial charge in [0.05, 0.1) is 15.0 Å². The number of likely N-dealkylation sites (tertiary alicyclic amines) is 1. The minimum Gasteiger partial charge on any atom is -0.351 e. The molecule has 2 aliphatic rings. The molecule has 0 aromatic heterocycles. The normalized spacial score (nSPS) is 23.3. The maximum Gasteiger partial charge on any atom is 0.269 e. The molecule has 4 rings (SSSR count). The Balaban J connectivity index is 1.26. The van der Waals surface area contributed by atoms with E-state index in [1.54, 1.807) is 30.3 Å². The molecule has 0 spiro atoms. The monoisotopic (exact) mass is 433 g/mol. The van der Waals surface area contributed by atoms with E-state index in [9.17, 15) is 14.9 Å². The Morgan fingerprint density at radius 3 is 2.59 bits per heavy atom. The number of fused-ring (bicyclic) bond motifs is 1. The molecule has 2 aromatic rings. The van der Waals surface area contributed by atoms with E-state index < -0.39 is 0 Å². The highest BCUT2D eigenvalue weighted by Crippen LogP contribution is 2.51. The van der Waals surface area contributed by atoms with E-state index in [1.165, 1.54) is 5.56 Å². The Labute approximate surface area is 178 Å². The van der Waals surface area contributed by atoms with Crippen LogP contribution in [0.4, 0.5) is 5.69 Å². The molecule has 1 saturated carbocycles. The van der Waals surface area contributed by atoms with Gasteiger partial charge in [0.25, 0.3) is 11.6 Å². The molecule has 1 aliphatic carbocycles. The molecule has 2 fully saturated rings. The lowest BCUT2D eigenvalue weighted by atomic mass is 9.64. The van der Waals surface area contributed by atoms with Crippen molar-refractivity contribution in [2.75, 3.05) is 26.2 Å². The van der Waals surface area contributed by atoms with Crippen LogP contribution in [0, 0.1) is 22.0 Å². The quantitative estimate of drug-likeness (QED) is 0.541. The van der Waals surface area contributed by atoms with Crippen molar-refractivity contribution in [1.82, 2.24) is 10.2 Å². The third-order valence-corrected chi connectivity index (χ3v) is 6.81. The molecule has 152 valence electrons. The van der Waals surface area contributed by atoms with Crippen LogP contribution in [0.1, 0.15) is 28.3 Å². The molecule has 0 bridgehead atoms. The SMILES string of the molecule is O=C(NCCN1CC2CC(c3ccc([N+](=O)[O-])cc3)C2C1)c1ccc(Cl)c(Cl)c1. The zero-order valence-electron chi connectivity index (χ0n) is 15.7. The van der Waals surface area contributed by atoms with Gasteiger partial charge in [-0.15, -0.1) is 0 Å². The van der Waals surface area contributed by atoms with Gasteiger partial charge in [-0.1, -0.05) is 35.3 Å². The lowest BCUT2D eigenvalue weighted by Crippen LogP contribution is -2.34. The Kier molecular flexibility index (Phi) is 5.76. The number of rotatable bonds is 6. The van der Waals surface area contributed by atoms with Crippen molar-refractivity contribution in [1.29, 1.82) is 0 Å². The average Bonchev–Trinajstić information content (AvgIpc) is 3.00. The van der Waals surface area contributed by atoms with Gasteiger partial charge in [-0.25, -0.2) is 0 Å². The van der Waals surface area contributed by atoms with Gasteiger partial charge < -0.3 is 10.2 Å². The maximum absolute atomic E-state index is 12.3. The molecular formula is C21H21Cl2N3O3. The number of benzene rings is 2. The van der Waals surface area contributed by atoms with Crippen molar-refractivity contribution >= 4 is 34.8 Å². The van der Waals surface area contributed by atoms with Crippen molar-refractivity contribution < 1.29 is 9.72 Å². The van der Waals surface area contributed by atoms with E-state index in [4.69, 9.17) is 23.2 Å². The highest BCUT2D eigenvalue weighted by molar-refractivity contribution is 6.42. The standard InChI is InChI=1S/C21H21Cl2N3O3/c22-19-6-3-14(10-20(19)23)21(27)24-7-8-25-11-15-9-17(18(15)12-25)13-1-4-16(5-2-13)26(28)29/h1-6,10,15,17-18H,7-9,11-12H2,(H,24,27). The largest absolute Gasteiger partial charge is 0.351 e. The Morgan fingerprint density at radius 2 is 1.90 bits per heavy atom. The van der Waals surface area contributed by atoms with E-state index in [0.29, 0.717) is 39.9 Å². The average molecular weight is 434 g/mol. The minimum atomic E-state index is -0.364. The summed E-state index contributed by atoms with van der Waals surface area (Å²) in [7, 11) is 0. The van der Waals surface area contributed by atoms with E-state index >= 15 is 0 Å². The van der Waals surface area contributed by atoms with Gasteiger partial charge in [-0.3, -0.25) is 14.9 Å². The predicted molar refractivity (Wildman–Crippen MR) is 113 cm³/mol. The highest BCUT2D eigenvalue weighted by atomic mass is 35.5. The first-order valence-corrected chi connectivity index (χ1v) is 10.4. The smallest absolute Gasteiger partial charge is 0.269 e. The second kappa shape index (κ2) is 8.30. The minimum absolute atomic E-state index is 0.135. The molecule has 2 aromatic carbocycles. The van der Waals surface area contributed by atoms with Crippen LogP contribution < -0.4 is 5.32 Å². The lowest BCUT2D eigenvalue weighted by molar-refractivity contribution is -0.384. The number of hydrogen-bond donors (Lipinski definition) is 1. The number of amides is 1. The Bertz CT molecular complexity index is 935. The third kappa shape index (κ3) is 4.25. The molecule has 1 amide bonds. The molecule has 3 unspecified atom stereocenters. The number of non-ortho nitro benzene ring substituents is 1. The van der Waals surface area contributed by atoms with E-state index in [2.05, 4.69) is 10.2 Å². The van der Waals surface area contributed by atoms with Crippen molar-refractivity contribution in [3.63, 3.8) is 0 Å². The number of carbonyl (C=O) groups is 1. The summed E-state index contributed by atoms with van der Waals surface area (Å²) in [5.74, 6) is 1.56. The predicted octanol–water partition coefficient (Wildman–Crippen LogP) is 4.37. The summed E-state index contributed by atoms with van der Waals surface area (Å²) in [5.41, 5.74) is 1.82.